The third kappa shape index (κ3) is 2.91. The van der Waals surface area contributed by atoms with Gasteiger partial charge in [0, 0.05) is 38.8 Å². The Bertz CT molecular complexity index is 1070. The minimum absolute atomic E-state index is 0.0327. The van der Waals surface area contributed by atoms with Gasteiger partial charge < -0.3 is 9.80 Å². The molecule has 4 heterocycles. The van der Waals surface area contributed by atoms with Gasteiger partial charge in [0.05, 0.1) is 22.8 Å². The number of likely N-dealkylation sites (N-methyl/N-ethyl adjacent to an activating group) is 1. The lowest BCUT2D eigenvalue weighted by atomic mass is 10.1. The second-order valence-electron chi connectivity index (χ2n) is 6.71. The molecule has 146 valence electrons. The zero-order valence-electron chi connectivity index (χ0n) is 15.2. The van der Waals surface area contributed by atoms with Crippen molar-refractivity contribution < 1.29 is 14.4 Å². The molecule has 4 amide bonds. The van der Waals surface area contributed by atoms with Crippen LogP contribution in [0.3, 0.4) is 0 Å². The van der Waals surface area contributed by atoms with E-state index in [0.29, 0.717) is 48.0 Å². The van der Waals surface area contributed by atoms with Crippen LogP contribution in [0, 0.1) is 0 Å². The molecule has 0 bridgehead atoms. The summed E-state index contributed by atoms with van der Waals surface area (Å²) in [7, 11) is 0. The predicted octanol–water partition coefficient (Wildman–Crippen LogP) is 0.517. The van der Waals surface area contributed by atoms with E-state index in [1.165, 1.54) is 20.4 Å². The minimum atomic E-state index is -0.830. The molecule has 0 N–H and O–H groups in total. The van der Waals surface area contributed by atoms with Gasteiger partial charge in [-0.05, 0) is 19.1 Å². The molecule has 0 aromatic carbocycles. The maximum absolute atomic E-state index is 12.9. The molecule has 2 aliphatic heterocycles. The molecule has 2 aromatic heterocycles. The molecule has 2 aromatic rings. The zero-order valence-corrected chi connectivity index (χ0v) is 16.0. The Morgan fingerprint density at radius 3 is 2.68 bits per heavy atom. The van der Waals surface area contributed by atoms with Gasteiger partial charge in [-0.2, -0.15) is 0 Å². The van der Waals surface area contributed by atoms with E-state index in [4.69, 9.17) is 11.6 Å². The van der Waals surface area contributed by atoms with Gasteiger partial charge in [0.1, 0.15) is 5.65 Å². The Hall–Kier alpha value is -2.94. The van der Waals surface area contributed by atoms with Crippen LogP contribution in [-0.2, 0) is 22.6 Å². The SMILES string of the molecule is CCN1CCN(C(=O)N2CCc3nc4ccc(Cl)cn4c(=O)c3C2)C(=O)C1=O. The summed E-state index contributed by atoms with van der Waals surface area (Å²) in [5.41, 5.74) is 1.22. The highest BCUT2D eigenvalue weighted by Crippen LogP contribution is 2.19. The average Bonchev–Trinajstić information content (AvgIpc) is 2.70. The Labute approximate surface area is 165 Å². The van der Waals surface area contributed by atoms with Gasteiger partial charge in [-0.3, -0.25) is 23.7 Å². The number of carbonyl (C=O) groups excluding carboxylic acids is 3. The molecule has 9 nitrogen and oxygen atoms in total. The molecule has 1 fully saturated rings. The van der Waals surface area contributed by atoms with Gasteiger partial charge >= 0.3 is 17.8 Å². The highest BCUT2D eigenvalue weighted by Gasteiger charge is 2.38. The molecule has 0 unspecified atom stereocenters. The van der Waals surface area contributed by atoms with Gasteiger partial charge in [-0.15, -0.1) is 0 Å². The standard InChI is InChI=1S/C18H18ClN5O4/c1-2-21-7-8-23(17(27)16(21)26)18(28)22-6-5-13-12(10-22)15(25)24-9-11(19)3-4-14(24)20-13/h3-4,9H,2,5-8,10H2,1H3. The van der Waals surface area contributed by atoms with Crippen molar-refractivity contribution in [1.29, 1.82) is 0 Å². The Balaban J connectivity index is 1.62. The molecular weight excluding hydrogens is 386 g/mol. The molecule has 2 aliphatic rings. The van der Waals surface area contributed by atoms with Crippen LogP contribution in [0.1, 0.15) is 18.2 Å². The molecule has 1 saturated heterocycles. The van der Waals surface area contributed by atoms with Crippen molar-refractivity contribution in [2.24, 2.45) is 0 Å². The summed E-state index contributed by atoms with van der Waals surface area (Å²) >= 11 is 5.98. The van der Waals surface area contributed by atoms with E-state index in [1.54, 1.807) is 19.1 Å². The van der Waals surface area contributed by atoms with Gasteiger partial charge in [0.2, 0.25) is 0 Å². The van der Waals surface area contributed by atoms with Crippen molar-refractivity contribution >= 4 is 35.1 Å². The topological polar surface area (TPSA) is 95.3 Å². The number of hydrogen-bond acceptors (Lipinski definition) is 5. The summed E-state index contributed by atoms with van der Waals surface area (Å²) in [5, 5.41) is 0.401. The molecule has 0 aliphatic carbocycles. The van der Waals surface area contributed by atoms with Gasteiger partial charge in [-0.1, -0.05) is 11.6 Å². The van der Waals surface area contributed by atoms with Crippen molar-refractivity contribution in [2.45, 2.75) is 19.9 Å². The first-order valence-corrected chi connectivity index (χ1v) is 9.38. The molecule has 4 rings (SSSR count). The van der Waals surface area contributed by atoms with Crippen molar-refractivity contribution in [3.8, 4) is 0 Å². The monoisotopic (exact) mass is 403 g/mol. The first kappa shape index (κ1) is 18.4. The fourth-order valence-corrected chi connectivity index (χ4v) is 3.73. The fraction of sp³-hybridized carbons (Fsp3) is 0.389. The smallest absolute Gasteiger partial charge is 0.327 e. The Kier molecular flexibility index (Phi) is 4.54. The number of rotatable bonds is 1. The molecular formula is C18H18ClN5O4. The highest BCUT2D eigenvalue weighted by molar-refractivity contribution is 6.38. The quantitative estimate of drug-likeness (QED) is 0.647. The largest absolute Gasteiger partial charge is 0.333 e. The lowest BCUT2D eigenvalue weighted by Gasteiger charge is -2.36. The van der Waals surface area contributed by atoms with Crippen molar-refractivity contribution in [3.05, 3.63) is 45.0 Å². The number of carbonyl (C=O) groups is 3. The van der Waals surface area contributed by atoms with Crippen LogP contribution in [0.25, 0.3) is 5.65 Å². The zero-order chi connectivity index (χ0) is 20.0. The van der Waals surface area contributed by atoms with E-state index in [-0.39, 0.29) is 18.6 Å². The van der Waals surface area contributed by atoms with Gasteiger partial charge in [0.25, 0.3) is 5.56 Å². The van der Waals surface area contributed by atoms with E-state index < -0.39 is 17.8 Å². The number of amides is 4. The minimum Gasteiger partial charge on any atom is -0.333 e. The number of halogens is 1. The normalized spacial score (nSPS) is 17.3. The summed E-state index contributed by atoms with van der Waals surface area (Å²) in [6.07, 6.45) is 1.88. The van der Waals surface area contributed by atoms with Crippen molar-refractivity contribution in [2.75, 3.05) is 26.2 Å². The third-order valence-electron chi connectivity index (χ3n) is 5.13. The Morgan fingerprint density at radius 2 is 1.93 bits per heavy atom. The van der Waals surface area contributed by atoms with E-state index in [1.807, 2.05) is 0 Å². The van der Waals surface area contributed by atoms with E-state index in [0.717, 1.165) is 4.90 Å². The molecule has 0 spiro atoms. The molecule has 0 atom stereocenters. The molecule has 28 heavy (non-hydrogen) atoms. The number of urea groups is 1. The second kappa shape index (κ2) is 6.90. The average molecular weight is 404 g/mol. The van der Waals surface area contributed by atoms with Crippen molar-refractivity contribution in [1.82, 2.24) is 24.1 Å². The first-order chi connectivity index (χ1) is 13.4. The number of nitrogens with zero attached hydrogens (tertiary/aromatic N) is 5. The number of piperazine rings is 1. The van der Waals surface area contributed by atoms with Gasteiger partial charge in [0.15, 0.2) is 0 Å². The number of fused-ring (bicyclic) bond motifs is 2. The third-order valence-corrected chi connectivity index (χ3v) is 5.35. The van der Waals surface area contributed by atoms with E-state index in [9.17, 15) is 19.2 Å². The summed E-state index contributed by atoms with van der Waals surface area (Å²) in [6.45, 7) is 3.00. The number of hydrogen-bond donors (Lipinski definition) is 0. The van der Waals surface area contributed by atoms with E-state index in [2.05, 4.69) is 4.98 Å². The number of aromatic nitrogens is 2. The summed E-state index contributed by atoms with van der Waals surface area (Å²) < 4.78 is 1.35. The van der Waals surface area contributed by atoms with Crippen LogP contribution < -0.4 is 5.56 Å². The van der Waals surface area contributed by atoms with Crippen LogP contribution in [0.2, 0.25) is 5.02 Å². The lowest BCUT2D eigenvalue weighted by Crippen LogP contribution is -2.59. The first-order valence-electron chi connectivity index (χ1n) is 9.00. The number of pyridine rings is 1. The highest BCUT2D eigenvalue weighted by atomic mass is 35.5. The molecule has 0 radical (unpaired) electrons. The lowest BCUT2D eigenvalue weighted by molar-refractivity contribution is -0.153. The summed E-state index contributed by atoms with van der Waals surface area (Å²) in [5.74, 6) is -1.51. The van der Waals surface area contributed by atoms with Crippen molar-refractivity contribution in [3.63, 3.8) is 0 Å². The van der Waals surface area contributed by atoms with Gasteiger partial charge in [-0.25, -0.2) is 9.78 Å². The van der Waals surface area contributed by atoms with Crippen LogP contribution in [-0.4, -0.2) is 68.1 Å². The van der Waals surface area contributed by atoms with E-state index >= 15 is 0 Å². The molecule has 0 saturated carbocycles. The Morgan fingerprint density at radius 1 is 1.14 bits per heavy atom. The predicted molar refractivity (Wildman–Crippen MR) is 99.9 cm³/mol. The molecule has 10 heteroatoms. The fourth-order valence-electron chi connectivity index (χ4n) is 3.56. The van der Waals surface area contributed by atoms with Crippen LogP contribution in [0.4, 0.5) is 4.79 Å². The van der Waals surface area contributed by atoms with Crippen LogP contribution in [0.5, 0.6) is 0 Å². The summed E-state index contributed by atoms with van der Waals surface area (Å²) in [6, 6.07) is 2.77. The maximum atomic E-state index is 12.9. The summed E-state index contributed by atoms with van der Waals surface area (Å²) in [4.78, 5) is 58.4. The van der Waals surface area contributed by atoms with Crippen LogP contribution in [0.15, 0.2) is 23.1 Å². The maximum Gasteiger partial charge on any atom is 0.327 e. The van der Waals surface area contributed by atoms with Crippen LogP contribution >= 0.6 is 11.6 Å². The number of imide groups is 1. The second-order valence-corrected chi connectivity index (χ2v) is 7.15.